The molecule has 0 saturated heterocycles. The van der Waals surface area contributed by atoms with Gasteiger partial charge in [-0.25, -0.2) is 15.0 Å². The van der Waals surface area contributed by atoms with Crippen LogP contribution >= 0.6 is 34.4 Å². The molecule has 4 N–H and O–H groups in total. The Morgan fingerprint density at radius 1 is 1.15 bits per heavy atom. The third-order valence-corrected chi connectivity index (χ3v) is 7.02. The molecule has 2 aromatic heterocycles. The summed E-state index contributed by atoms with van der Waals surface area (Å²) in [6, 6.07) is 4.65. The van der Waals surface area contributed by atoms with Crippen LogP contribution in [0.5, 0.6) is 0 Å². The molecule has 0 aliphatic heterocycles. The van der Waals surface area contributed by atoms with Crippen LogP contribution in [0.25, 0.3) is 11.2 Å². The summed E-state index contributed by atoms with van der Waals surface area (Å²) in [6.45, 7) is 1.52. The largest absolute Gasteiger partial charge is 0.382 e. The van der Waals surface area contributed by atoms with Gasteiger partial charge in [0.15, 0.2) is 22.1 Å². The van der Waals surface area contributed by atoms with Crippen LogP contribution in [-0.4, -0.2) is 26.1 Å². The zero-order valence-corrected chi connectivity index (χ0v) is 17.4. The molecule has 0 bridgehead atoms. The first-order valence-electron chi connectivity index (χ1n) is 8.83. The van der Waals surface area contributed by atoms with E-state index in [-0.39, 0.29) is 0 Å². The number of benzene rings is 1. The van der Waals surface area contributed by atoms with Gasteiger partial charge in [-0.2, -0.15) is 0 Å². The number of hydrogen-bond donors (Lipinski definition) is 2. The Kier molecular flexibility index (Phi) is 5.32. The van der Waals surface area contributed by atoms with Gasteiger partial charge in [0.2, 0.25) is 0 Å². The molecule has 1 aliphatic rings. The molecule has 0 fully saturated rings. The lowest BCUT2D eigenvalue weighted by atomic mass is 10.1. The molecule has 1 aliphatic carbocycles. The minimum Gasteiger partial charge on any atom is -0.382 e. The highest BCUT2D eigenvalue weighted by Crippen LogP contribution is 2.37. The molecule has 0 radical (unpaired) electrons. The van der Waals surface area contributed by atoms with Crippen LogP contribution in [0.2, 0.25) is 0 Å². The van der Waals surface area contributed by atoms with E-state index < -0.39 is 0 Å². The van der Waals surface area contributed by atoms with E-state index in [1.165, 1.54) is 45.2 Å². The van der Waals surface area contributed by atoms with Crippen LogP contribution in [0.4, 0.5) is 5.82 Å². The van der Waals surface area contributed by atoms with Crippen molar-refractivity contribution in [2.45, 2.75) is 48.7 Å². The molecule has 6 nitrogen and oxygen atoms in total. The number of nitrogen functional groups attached to an aromatic ring is 1. The van der Waals surface area contributed by atoms with E-state index in [9.17, 15) is 0 Å². The van der Waals surface area contributed by atoms with Crippen LogP contribution in [-0.2, 0) is 19.4 Å². The molecule has 0 saturated carbocycles. The van der Waals surface area contributed by atoms with Gasteiger partial charge in [0.1, 0.15) is 6.33 Å². The predicted octanol–water partition coefficient (Wildman–Crippen LogP) is 3.39. The third kappa shape index (κ3) is 3.41. The number of halogens is 1. The lowest BCUT2D eigenvalue weighted by molar-refractivity contribution is 0.585. The van der Waals surface area contributed by atoms with Crippen molar-refractivity contribution >= 4 is 51.3 Å². The first-order valence-corrected chi connectivity index (χ1v) is 10.7. The summed E-state index contributed by atoms with van der Waals surface area (Å²) in [7, 11) is 0. The van der Waals surface area contributed by atoms with Gasteiger partial charge >= 0.3 is 0 Å². The summed E-state index contributed by atoms with van der Waals surface area (Å²) in [5.41, 5.74) is 16.1. The quantitative estimate of drug-likeness (QED) is 0.415. The van der Waals surface area contributed by atoms with Crippen LogP contribution in [0.15, 0.2) is 28.5 Å². The average molecular weight is 480 g/mol. The standard InChI is InChI=1S/C18H21IN6S/c19-13-8-11-4-3-5-12(11)9-14(13)26-18-24-15-16(21)22-10-23-17(15)25(18)7-2-1-6-20/h8-10H,1-7,20H2,(H2,21,22,23). The SMILES string of the molecule is NCCCCn1c(Sc2cc3c(cc2I)CCC3)nc2c(N)ncnc21. The van der Waals surface area contributed by atoms with Crippen molar-refractivity contribution in [1.82, 2.24) is 19.5 Å². The maximum atomic E-state index is 6.03. The van der Waals surface area contributed by atoms with Gasteiger partial charge in [0.25, 0.3) is 0 Å². The number of aryl methyl sites for hydroxylation is 3. The summed E-state index contributed by atoms with van der Waals surface area (Å²) in [4.78, 5) is 14.5. The van der Waals surface area contributed by atoms with E-state index in [4.69, 9.17) is 16.5 Å². The van der Waals surface area contributed by atoms with Gasteiger partial charge in [-0.1, -0.05) is 11.8 Å². The minimum atomic E-state index is 0.429. The number of imidazole rings is 1. The number of nitrogens with two attached hydrogens (primary N) is 2. The van der Waals surface area contributed by atoms with Gasteiger partial charge < -0.3 is 16.0 Å². The van der Waals surface area contributed by atoms with Gasteiger partial charge in [-0.05, 0) is 84.5 Å². The summed E-state index contributed by atoms with van der Waals surface area (Å²) in [5.74, 6) is 0.429. The second-order valence-electron chi connectivity index (χ2n) is 6.48. The molecule has 0 spiro atoms. The Labute approximate surface area is 170 Å². The number of hydrogen-bond acceptors (Lipinski definition) is 6. The normalized spacial score (nSPS) is 13.5. The molecular weight excluding hydrogens is 459 g/mol. The van der Waals surface area contributed by atoms with E-state index in [1.807, 2.05) is 0 Å². The molecule has 26 heavy (non-hydrogen) atoms. The highest BCUT2D eigenvalue weighted by Gasteiger charge is 2.19. The first-order chi connectivity index (χ1) is 12.7. The number of unbranched alkanes of at least 4 members (excludes halogenated alkanes) is 1. The van der Waals surface area contributed by atoms with Crippen molar-refractivity contribution in [2.24, 2.45) is 5.73 Å². The van der Waals surface area contributed by atoms with Crippen molar-refractivity contribution in [3.8, 4) is 0 Å². The Morgan fingerprint density at radius 2 is 1.96 bits per heavy atom. The summed E-state index contributed by atoms with van der Waals surface area (Å²) in [6.07, 6.45) is 7.09. The van der Waals surface area contributed by atoms with Gasteiger partial charge in [-0.3, -0.25) is 0 Å². The third-order valence-electron chi connectivity index (χ3n) is 4.71. The second-order valence-corrected chi connectivity index (χ2v) is 8.65. The van der Waals surface area contributed by atoms with Gasteiger partial charge in [0.05, 0.1) is 0 Å². The summed E-state index contributed by atoms with van der Waals surface area (Å²) in [5, 5.41) is 0.917. The van der Waals surface area contributed by atoms with E-state index in [1.54, 1.807) is 11.8 Å². The molecule has 4 rings (SSSR count). The molecule has 0 atom stereocenters. The lowest BCUT2D eigenvalue weighted by Gasteiger charge is -2.10. The van der Waals surface area contributed by atoms with Crippen molar-refractivity contribution in [3.05, 3.63) is 33.2 Å². The highest BCUT2D eigenvalue weighted by molar-refractivity contribution is 14.1. The number of aromatic nitrogens is 4. The van der Waals surface area contributed by atoms with Gasteiger partial charge in [0, 0.05) is 15.0 Å². The molecule has 3 aromatic rings. The fraction of sp³-hybridized carbons (Fsp3) is 0.389. The Morgan fingerprint density at radius 3 is 2.77 bits per heavy atom. The van der Waals surface area contributed by atoms with Crippen molar-refractivity contribution in [3.63, 3.8) is 0 Å². The molecule has 8 heteroatoms. The van der Waals surface area contributed by atoms with Crippen molar-refractivity contribution in [1.29, 1.82) is 0 Å². The Bertz CT molecular complexity index is 954. The number of anilines is 1. The zero-order chi connectivity index (χ0) is 18.1. The first kappa shape index (κ1) is 18.0. The molecule has 1 aromatic carbocycles. The minimum absolute atomic E-state index is 0.429. The second kappa shape index (κ2) is 7.69. The van der Waals surface area contributed by atoms with E-state index in [2.05, 4.69) is 49.3 Å². The van der Waals surface area contributed by atoms with Crippen LogP contribution in [0.3, 0.4) is 0 Å². The Hall–Kier alpha value is -1.39. The van der Waals surface area contributed by atoms with Crippen LogP contribution in [0.1, 0.15) is 30.4 Å². The number of nitrogens with zero attached hydrogens (tertiary/aromatic N) is 4. The number of fused-ring (bicyclic) bond motifs is 2. The maximum Gasteiger partial charge on any atom is 0.175 e. The van der Waals surface area contributed by atoms with Gasteiger partial charge in [-0.15, -0.1) is 0 Å². The predicted molar refractivity (Wildman–Crippen MR) is 113 cm³/mol. The molecule has 2 heterocycles. The van der Waals surface area contributed by atoms with E-state index >= 15 is 0 Å². The monoisotopic (exact) mass is 480 g/mol. The zero-order valence-electron chi connectivity index (χ0n) is 14.4. The molecule has 136 valence electrons. The van der Waals surface area contributed by atoms with E-state index in [0.717, 1.165) is 30.2 Å². The Balaban J connectivity index is 1.73. The van der Waals surface area contributed by atoms with E-state index in [0.29, 0.717) is 17.9 Å². The number of rotatable bonds is 6. The average Bonchev–Trinajstić information content (AvgIpc) is 3.21. The summed E-state index contributed by atoms with van der Waals surface area (Å²) >= 11 is 4.11. The maximum absolute atomic E-state index is 6.03. The summed E-state index contributed by atoms with van der Waals surface area (Å²) < 4.78 is 3.42. The van der Waals surface area contributed by atoms with Crippen molar-refractivity contribution in [2.75, 3.05) is 12.3 Å². The van der Waals surface area contributed by atoms with Crippen LogP contribution < -0.4 is 11.5 Å². The highest BCUT2D eigenvalue weighted by atomic mass is 127. The molecule has 0 amide bonds. The molecule has 0 unspecified atom stereocenters. The fourth-order valence-corrected chi connectivity index (χ4v) is 5.22. The fourth-order valence-electron chi connectivity index (χ4n) is 3.38. The van der Waals surface area contributed by atoms with Crippen LogP contribution in [0, 0.1) is 3.57 Å². The lowest BCUT2D eigenvalue weighted by Crippen LogP contribution is -2.05. The van der Waals surface area contributed by atoms with Crippen molar-refractivity contribution < 1.29 is 0 Å². The topological polar surface area (TPSA) is 95.6 Å². The smallest absolute Gasteiger partial charge is 0.175 e. The molecular formula is C18H21IN6S.